The van der Waals surface area contributed by atoms with E-state index in [0.717, 1.165) is 28.2 Å². The number of amides is 1. The van der Waals surface area contributed by atoms with Crippen LogP contribution < -0.4 is 4.74 Å². The summed E-state index contributed by atoms with van der Waals surface area (Å²) in [6.45, 7) is 5.98. The number of likely N-dealkylation sites (tertiary alicyclic amines) is 1. The Kier molecular flexibility index (Phi) is 7.63. The first-order valence-electron chi connectivity index (χ1n) is 12.0. The van der Waals surface area contributed by atoms with Gasteiger partial charge in [0.15, 0.2) is 0 Å². The molecule has 0 aliphatic carbocycles. The summed E-state index contributed by atoms with van der Waals surface area (Å²) in [5, 5.41) is 6.47. The van der Waals surface area contributed by atoms with Gasteiger partial charge < -0.3 is 9.47 Å². The van der Waals surface area contributed by atoms with Crippen molar-refractivity contribution in [2.24, 2.45) is 11.0 Å². The molecule has 2 aromatic rings. The van der Waals surface area contributed by atoms with Gasteiger partial charge in [0.1, 0.15) is 5.75 Å². The molecule has 1 saturated heterocycles. The molecule has 0 spiro atoms. The summed E-state index contributed by atoms with van der Waals surface area (Å²) < 4.78 is 10.5. The zero-order chi connectivity index (χ0) is 24.1. The lowest BCUT2D eigenvalue weighted by Crippen LogP contribution is -2.43. The molecule has 7 nitrogen and oxygen atoms in total. The van der Waals surface area contributed by atoms with E-state index >= 15 is 0 Å². The van der Waals surface area contributed by atoms with Gasteiger partial charge in [0.2, 0.25) is 0 Å². The first-order valence-corrected chi connectivity index (χ1v) is 12.0. The van der Waals surface area contributed by atoms with Crippen molar-refractivity contribution >= 4 is 17.6 Å². The maximum Gasteiger partial charge on any atom is 0.309 e. The van der Waals surface area contributed by atoms with Crippen LogP contribution in [0.25, 0.3) is 0 Å². The van der Waals surface area contributed by atoms with Crippen LogP contribution in [0.5, 0.6) is 5.75 Å². The van der Waals surface area contributed by atoms with Crippen LogP contribution in [0.15, 0.2) is 53.6 Å². The third-order valence-electron chi connectivity index (χ3n) is 6.68. The lowest BCUT2D eigenvalue weighted by atomic mass is 9.95. The van der Waals surface area contributed by atoms with E-state index in [2.05, 4.69) is 24.0 Å². The van der Waals surface area contributed by atoms with Crippen LogP contribution in [0.3, 0.4) is 0 Å². The molecule has 34 heavy (non-hydrogen) atoms. The molecule has 180 valence electrons. The van der Waals surface area contributed by atoms with Gasteiger partial charge in [-0.05, 0) is 63.0 Å². The average Bonchev–Trinajstić information content (AvgIpc) is 3.30. The Morgan fingerprint density at radius 2 is 1.85 bits per heavy atom. The zero-order valence-corrected chi connectivity index (χ0v) is 20.2. The maximum atomic E-state index is 13.5. The predicted octanol–water partition coefficient (Wildman–Crippen LogP) is 3.96. The Morgan fingerprint density at radius 3 is 2.56 bits per heavy atom. The van der Waals surface area contributed by atoms with Crippen LogP contribution in [0.4, 0.5) is 0 Å². The van der Waals surface area contributed by atoms with E-state index in [0.29, 0.717) is 39.0 Å². The van der Waals surface area contributed by atoms with Crippen LogP contribution in [0, 0.1) is 12.8 Å². The minimum atomic E-state index is -0.146. The number of ether oxygens (including phenoxy) is 2. The smallest absolute Gasteiger partial charge is 0.309 e. The van der Waals surface area contributed by atoms with Crippen LogP contribution in [-0.4, -0.2) is 60.8 Å². The maximum absolute atomic E-state index is 13.5. The standard InChI is InChI=1S/C27H33N3O4/c1-4-34-27(32)20-12-14-29(15-13-20)18-26(31)30-25(23-11-6-5-8-19(23)2)17-24(28-30)21-9-7-10-22(16-21)33-3/h5-11,16,20,25H,4,12-15,17-18H2,1-3H3. The second-order valence-corrected chi connectivity index (χ2v) is 8.90. The van der Waals surface area contributed by atoms with Gasteiger partial charge in [-0.25, -0.2) is 5.01 Å². The number of methoxy groups -OCH3 is 1. The number of hydrazone groups is 1. The molecule has 0 N–H and O–H groups in total. The van der Waals surface area contributed by atoms with Gasteiger partial charge in [-0.15, -0.1) is 0 Å². The number of aryl methyl sites for hydroxylation is 1. The number of benzene rings is 2. The summed E-state index contributed by atoms with van der Waals surface area (Å²) in [5.74, 6) is 0.540. The van der Waals surface area contributed by atoms with E-state index in [-0.39, 0.29) is 30.4 Å². The van der Waals surface area contributed by atoms with Crippen molar-refractivity contribution in [3.63, 3.8) is 0 Å². The van der Waals surface area contributed by atoms with Crippen molar-refractivity contribution in [2.75, 3.05) is 33.4 Å². The van der Waals surface area contributed by atoms with Crippen LogP contribution >= 0.6 is 0 Å². The van der Waals surface area contributed by atoms with E-state index in [4.69, 9.17) is 14.6 Å². The third kappa shape index (κ3) is 5.30. The highest BCUT2D eigenvalue weighted by atomic mass is 16.5. The number of carbonyl (C=O) groups is 2. The fraction of sp³-hybridized carbons (Fsp3) is 0.444. The van der Waals surface area contributed by atoms with Crippen LogP contribution in [0.2, 0.25) is 0 Å². The lowest BCUT2D eigenvalue weighted by molar-refractivity contribution is -0.149. The summed E-state index contributed by atoms with van der Waals surface area (Å²) in [5.41, 5.74) is 4.09. The molecule has 1 fully saturated rings. The highest BCUT2D eigenvalue weighted by Crippen LogP contribution is 2.35. The van der Waals surface area contributed by atoms with Gasteiger partial charge in [-0.1, -0.05) is 36.4 Å². The van der Waals surface area contributed by atoms with E-state index in [1.165, 1.54) is 0 Å². The monoisotopic (exact) mass is 463 g/mol. The molecule has 2 aliphatic rings. The van der Waals surface area contributed by atoms with Gasteiger partial charge in [0, 0.05) is 12.0 Å². The number of piperidine rings is 1. The molecule has 7 heteroatoms. The van der Waals surface area contributed by atoms with E-state index < -0.39 is 0 Å². The number of esters is 1. The van der Waals surface area contributed by atoms with Crippen LogP contribution in [-0.2, 0) is 14.3 Å². The number of hydrogen-bond donors (Lipinski definition) is 0. The van der Waals surface area contributed by atoms with Crippen LogP contribution in [0.1, 0.15) is 48.9 Å². The van der Waals surface area contributed by atoms with E-state index in [1.807, 2.05) is 43.3 Å². The van der Waals surface area contributed by atoms with Crippen molar-refractivity contribution in [3.05, 3.63) is 65.2 Å². The predicted molar refractivity (Wildman–Crippen MR) is 131 cm³/mol. The summed E-state index contributed by atoms with van der Waals surface area (Å²) in [6.07, 6.45) is 2.08. The molecule has 2 aliphatic heterocycles. The Morgan fingerprint density at radius 1 is 1.09 bits per heavy atom. The fourth-order valence-electron chi connectivity index (χ4n) is 4.77. The molecule has 0 bridgehead atoms. The third-order valence-corrected chi connectivity index (χ3v) is 6.68. The molecule has 2 heterocycles. The summed E-state index contributed by atoms with van der Waals surface area (Å²) in [4.78, 5) is 27.6. The quantitative estimate of drug-likeness (QED) is 0.582. The molecule has 1 atom stereocenters. The van der Waals surface area contributed by atoms with Crippen molar-refractivity contribution in [1.82, 2.24) is 9.91 Å². The molecular weight excluding hydrogens is 430 g/mol. The zero-order valence-electron chi connectivity index (χ0n) is 20.2. The van der Waals surface area contributed by atoms with Gasteiger partial charge in [-0.2, -0.15) is 5.10 Å². The second-order valence-electron chi connectivity index (χ2n) is 8.90. The largest absolute Gasteiger partial charge is 0.497 e. The highest BCUT2D eigenvalue weighted by molar-refractivity contribution is 6.03. The molecule has 0 saturated carbocycles. The number of hydrogen-bond acceptors (Lipinski definition) is 6. The van der Waals surface area contributed by atoms with Crippen molar-refractivity contribution in [2.45, 2.75) is 39.2 Å². The Bertz CT molecular complexity index is 1060. The lowest BCUT2D eigenvalue weighted by Gasteiger charge is -2.32. The first kappa shape index (κ1) is 24.0. The Labute approximate surface area is 201 Å². The van der Waals surface area contributed by atoms with Crippen molar-refractivity contribution in [1.29, 1.82) is 0 Å². The molecule has 1 amide bonds. The summed E-state index contributed by atoms with van der Waals surface area (Å²) >= 11 is 0. The number of rotatable bonds is 7. The molecule has 1 unspecified atom stereocenters. The van der Waals surface area contributed by atoms with Crippen molar-refractivity contribution in [3.8, 4) is 5.75 Å². The van der Waals surface area contributed by atoms with Gasteiger partial charge >= 0.3 is 5.97 Å². The Balaban J connectivity index is 1.51. The highest BCUT2D eigenvalue weighted by Gasteiger charge is 2.35. The van der Waals surface area contributed by atoms with Crippen molar-refractivity contribution < 1.29 is 19.1 Å². The molecule has 0 radical (unpaired) electrons. The molecular formula is C27H33N3O4. The SMILES string of the molecule is CCOC(=O)C1CCN(CC(=O)N2N=C(c3cccc(OC)c3)CC2c2ccccc2C)CC1. The van der Waals surface area contributed by atoms with E-state index in [1.54, 1.807) is 12.1 Å². The molecule has 0 aromatic heterocycles. The first-order chi connectivity index (χ1) is 16.5. The van der Waals surface area contributed by atoms with Gasteiger partial charge in [0.25, 0.3) is 5.91 Å². The molecule has 4 rings (SSSR count). The van der Waals surface area contributed by atoms with Gasteiger partial charge in [0.05, 0.1) is 37.9 Å². The fourth-order valence-corrected chi connectivity index (χ4v) is 4.77. The summed E-state index contributed by atoms with van der Waals surface area (Å²) in [6, 6.07) is 15.8. The summed E-state index contributed by atoms with van der Waals surface area (Å²) in [7, 11) is 1.65. The number of nitrogens with zero attached hydrogens (tertiary/aromatic N) is 3. The van der Waals surface area contributed by atoms with Gasteiger partial charge in [-0.3, -0.25) is 14.5 Å². The average molecular weight is 464 g/mol. The number of carbonyl (C=O) groups excluding carboxylic acids is 2. The Hall–Kier alpha value is -3.19. The van der Waals surface area contributed by atoms with E-state index in [9.17, 15) is 9.59 Å². The minimum absolute atomic E-state index is 0.0271. The minimum Gasteiger partial charge on any atom is -0.497 e. The normalized spacial score (nSPS) is 19.1. The topological polar surface area (TPSA) is 71.4 Å². The second kappa shape index (κ2) is 10.8. The molecule has 2 aromatic carbocycles.